The molecule has 0 saturated carbocycles. The molecule has 104 heavy (non-hydrogen) atoms. The van der Waals surface area contributed by atoms with E-state index < -0.39 is 0 Å². The number of benzene rings is 13. The molecule has 0 nitrogen and oxygen atoms in total. The quantitative estimate of drug-likeness (QED) is 0.0154. The first-order chi connectivity index (χ1) is 51.5. The van der Waals surface area contributed by atoms with E-state index in [4.69, 9.17) is 6.42 Å². The first-order valence-corrected chi connectivity index (χ1v) is 45.3. The zero-order chi connectivity index (χ0) is 71.4. The Morgan fingerprint density at radius 1 is 0.163 bits per heavy atom. The van der Waals surface area contributed by atoms with Crippen molar-refractivity contribution in [3.05, 3.63) is 106 Å². The molecule has 554 valence electrons. The van der Waals surface area contributed by atoms with E-state index >= 15 is 0 Å². The lowest BCUT2D eigenvalue weighted by atomic mass is 9.72. The molecular formula is C104H138. The number of hydrogen-bond donors (Lipinski definition) is 0. The highest BCUT2D eigenvalue weighted by Gasteiger charge is 2.33. The van der Waals surface area contributed by atoms with Gasteiger partial charge in [0, 0.05) is 5.56 Å². The average molecular weight is 1390 g/mol. The molecule has 0 heteroatoms. The van der Waals surface area contributed by atoms with Gasteiger partial charge in [-0.05, 0) is 233 Å². The van der Waals surface area contributed by atoms with Crippen LogP contribution < -0.4 is 0 Å². The highest BCUT2D eigenvalue weighted by molar-refractivity contribution is 6.61. The van der Waals surface area contributed by atoms with Crippen molar-refractivity contribution in [2.45, 2.75) is 388 Å². The van der Waals surface area contributed by atoms with E-state index in [-0.39, 0.29) is 0 Å². The van der Waals surface area contributed by atoms with Gasteiger partial charge >= 0.3 is 0 Å². The average Bonchev–Trinajstić information content (AvgIpc) is 0.643. The molecule has 0 aliphatic rings. The Bertz CT molecular complexity index is 4470. The molecule has 13 aromatic rings. The molecule has 13 aromatic carbocycles. The van der Waals surface area contributed by atoms with Crippen molar-refractivity contribution in [2.75, 3.05) is 0 Å². The smallest absolute Gasteiger partial charge is 0.0255 e. The largest absolute Gasteiger partial charge is 0.115 e. The number of aryl methyl sites for hydroxylation is 5. The van der Waals surface area contributed by atoms with E-state index in [0.29, 0.717) is 0 Å². The van der Waals surface area contributed by atoms with Crippen molar-refractivity contribution >= 4 is 129 Å². The molecule has 0 heterocycles. The molecule has 0 radical (unpaired) electrons. The summed E-state index contributed by atoms with van der Waals surface area (Å²) in [6.07, 6.45) is 80.7. The summed E-state index contributed by atoms with van der Waals surface area (Å²) >= 11 is 0. The standard InChI is InChI=1S/C104H138/c1-7-13-18-23-28-33-38-43-48-53-58-76-65-83-81-63-75(12-6)64-82-84-66-77(59-54-49-44-39-34-29-24-19-14-8-2)68-86-88-70-79(61-56-51-46-41-36-31-26-21-16-10-4)72-90-92-74-80(62-57-52-47-42-37-32-27-22-17-11-5)73-91-89-71-78(60-55-50-45-40-35-30-25-20-15-9-3)69-87-85(67-76)94(83)100-99(93(81)82)101(95(84)86)103(97(88)90)104(98(91)92)102(100)96(87)89/h6,63-74H,7-11,13-62H2,1-5H3. The van der Waals surface area contributed by atoms with Gasteiger partial charge in [-0.15, -0.1) is 6.42 Å². The van der Waals surface area contributed by atoms with E-state index in [2.05, 4.69) is 113 Å². The summed E-state index contributed by atoms with van der Waals surface area (Å²) in [5.41, 5.74) is 8.70. The van der Waals surface area contributed by atoms with Gasteiger partial charge in [-0.2, -0.15) is 0 Å². The third-order valence-corrected chi connectivity index (χ3v) is 26.1. The van der Waals surface area contributed by atoms with Crippen LogP contribution in [0.15, 0.2) is 72.8 Å². The SMILES string of the molecule is C#Cc1cc2c3cc(CCCCCCCCCCCC)cc4c5cc(CCCCCCCCCCCC)cc6c7cc(CCCCCCCCCCCC)cc8c9cc(CCCCCCCCCCCC)cc%10c%11cc(CCCCCCCCCCCC)cc%12c(c1)c2c1c(c34)c(c56)c(c78)c(c%109)c1c%12%11. The molecule has 0 atom stereocenters. The molecule has 0 aliphatic heterocycles. The topological polar surface area (TPSA) is 0 Å². The Hall–Kier alpha value is -5.90. The third kappa shape index (κ3) is 17.3. The molecule has 0 N–H and O–H groups in total. The summed E-state index contributed by atoms with van der Waals surface area (Å²) in [6.45, 7) is 11.7. The number of fused-ring (bicyclic) bond motifs is 6. The molecule has 0 aliphatic carbocycles. The van der Waals surface area contributed by atoms with Crippen LogP contribution in [-0.4, -0.2) is 0 Å². The van der Waals surface area contributed by atoms with Gasteiger partial charge in [0.25, 0.3) is 0 Å². The van der Waals surface area contributed by atoms with Gasteiger partial charge < -0.3 is 0 Å². The number of rotatable bonds is 55. The second-order valence-electron chi connectivity index (χ2n) is 34.3. The molecule has 13 rings (SSSR count). The number of terminal acetylenes is 1. The Morgan fingerprint density at radius 3 is 0.423 bits per heavy atom. The minimum absolute atomic E-state index is 1.02. The van der Waals surface area contributed by atoms with E-state index in [1.807, 2.05) is 0 Å². The first-order valence-electron chi connectivity index (χ1n) is 45.3. The normalized spacial score (nSPS) is 12.7. The lowest BCUT2D eigenvalue weighted by Gasteiger charge is -2.30. The van der Waals surface area contributed by atoms with Crippen LogP contribution in [-0.2, 0) is 32.1 Å². The highest BCUT2D eigenvalue weighted by Crippen LogP contribution is 2.61. The van der Waals surface area contributed by atoms with Gasteiger partial charge in [0.05, 0.1) is 0 Å². The molecule has 0 fully saturated rings. The van der Waals surface area contributed by atoms with Crippen molar-refractivity contribution in [3.8, 4) is 12.3 Å². The van der Waals surface area contributed by atoms with E-state index in [0.717, 1.165) is 37.7 Å². The molecular weight excluding hydrogens is 1250 g/mol. The molecule has 0 amide bonds. The minimum Gasteiger partial charge on any atom is -0.115 e. The van der Waals surface area contributed by atoms with Crippen molar-refractivity contribution in [2.24, 2.45) is 0 Å². The second kappa shape index (κ2) is 38.8. The van der Waals surface area contributed by atoms with Gasteiger partial charge in [0.1, 0.15) is 0 Å². The summed E-state index contributed by atoms with van der Waals surface area (Å²) in [5.74, 6) is 3.33. The van der Waals surface area contributed by atoms with Crippen molar-refractivity contribution in [1.29, 1.82) is 0 Å². The highest BCUT2D eigenvalue weighted by atomic mass is 14.4. The van der Waals surface area contributed by atoms with E-state index in [9.17, 15) is 0 Å². The molecule has 0 bridgehead atoms. The summed E-state index contributed by atoms with van der Waals surface area (Å²) < 4.78 is 0. The lowest BCUT2D eigenvalue weighted by molar-refractivity contribution is 0.556. The summed E-state index contributed by atoms with van der Waals surface area (Å²) in [4.78, 5) is 0. The Labute approximate surface area is 631 Å². The van der Waals surface area contributed by atoms with E-state index in [1.54, 1.807) is 49.0 Å². The Morgan fingerprint density at radius 2 is 0.288 bits per heavy atom. The maximum Gasteiger partial charge on any atom is 0.0255 e. The van der Waals surface area contributed by atoms with Crippen molar-refractivity contribution < 1.29 is 0 Å². The predicted molar refractivity (Wildman–Crippen MR) is 469 cm³/mol. The fraction of sp³-hybridized carbons (Fsp3) is 0.577. The fourth-order valence-electron chi connectivity index (χ4n) is 20.5. The summed E-state index contributed by atoms with van der Waals surface area (Å²) in [5, 5.41) is 36.1. The van der Waals surface area contributed by atoms with Gasteiger partial charge in [0.2, 0.25) is 0 Å². The number of hydrogen-bond acceptors (Lipinski definition) is 0. The van der Waals surface area contributed by atoms with Gasteiger partial charge in [-0.1, -0.05) is 390 Å². The van der Waals surface area contributed by atoms with Gasteiger partial charge in [0.15, 0.2) is 0 Å². The molecule has 0 saturated heterocycles. The fourth-order valence-corrected chi connectivity index (χ4v) is 20.5. The maximum atomic E-state index is 6.81. The van der Waals surface area contributed by atoms with Crippen LogP contribution in [0, 0.1) is 12.3 Å². The van der Waals surface area contributed by atoms with Crippen LogP contribution in [0.2, 0.25) is 0 Å². The predicted octanol–water partition coefficient (Wildman–Crippen LogP) is 34.5. The maximum absolute atomic E-state index is 6.81. The van der Waals surface area contributed by atoms with Crippen LogP contribution in [0.1, 0.15) is 389 Å². The van der Waals surface area contributed by atoms with Crippen LogP contribution in [0.3, 0.4) is 0 Å². The molecule has 0 spiro atoms. The third-order valence-electron chi connectivity index (χ3n) is 26.1. The molecule has 0 aromatic heterocycles. The van der Waals surface area contributed by atoms with Crippen LogP contribution in [0.5, 0.6) is 0 Å². The van der Waals surface area contributed by atoms with Crippen LogP contribution >= 0.6 is 0 Å². The van der Waals surface area contributed by atoms with Crippen molar-refractivity contribution in [1.82, 2.24) is 0 Å². The number of unbranched alkanes of at least 4 members (excludes halogenated alkanes) is 45. The van der Waals surface area contributed by atoms with Crippen LogP contribution in [0.25, 0.3) is 129 Å². The lowest BCUT2D eigenvalue weighted by Crippen LogP contribution is -2.03. The zero-order valence-corrected chi connectivity index (χ0v) is 66.9. The minimum atomic E-state index is 1.02. The van der Waals surface area contributed by atoms with Gasteiger partial charge in [-0.3, -0.25) is 0 Å². The first kappa shape index (κ1) is 76.3. The Kier molecular flexibility index (Phi) is 28.4. The van der Waals surface area contributed by atoms with Gasteiger partial charge in [-0.25, -0.2) is 0 Å². The van der Waals surface area contributed by atoms with Crippen LogP contribution in [0.4, 0.5) is 0 Å². The van der Waals surface area contributed by atoms with E-state index in [1.165, 1.54) is 429 Å². The molecule has 0 unspecified atom stereocenters. The monoisotopic (exact) mass is 1390 g/mol. The zero-order valence-electron chi connectivity index (χ0n) is 66.9. The Balaban J connectivity index is 1.01. The summed E-state index contributed by atoms with van der Waals surface area (Å²) in [6, 6.07) is 32.5. The second-order valence-corrected chi connectivity index (χ2v) is 34.3. The summed E-state index contributed by atoms with van der Waals surface area (Å²) in [7, 11) is 0. The van der Waals surface area contributed by atoms with Crippen molar-refractivity contribution in [3.63, 3.8) is 0 Å².